The molecule has 0 saturated heterocycles. The zero-order valence-corrected chi connectivity index (χ0v) is 20.7. The number of aliphatic hydroxyl groups is 2. The molecule has 1 aliphatic heterocycles. The molecule has 0 amide bonds. The van der Waals surface area contributed by atoms with Gasteiger partial charge in [-0.1, -0.05) is 23.8 Å². The van der Waals surface area contributed by atoms with E-state index < -0.39 is 28.6 Å². The maximum Gasteiger partial charge on any atom is 0.204 e. The molecule has 8 heteroatoms. The van der Waals surface area contributed by atoms with Gasteiger partial charge in [0.2, 0.25) is 5.43 Å². The van der Waals surface area contributed by atoms with E-state index in [0.717, 1.165) is 6.07 Å². The first-order valence-corrected chi connectivity index (χ1v) is 11.6. The van der Waals surface area contributed by atoms with Crippen LogP contribution in [0.2, 0.25) is 0 Å². The van der Waals surface area contributed by atoms with Crippen LogP contribution >= 0.6 is 0 Å². The van der Waals surface area contributed by atoms with E-state index in [4.69, 9.17) is 9.15 Å². The molecule has 8 nitrogen and oxygen atoms in total. The van der Waals surface area contributed by atoms with E-state index in [1.54, 1.807) is 32.1 Å². The summed E-state index contributed by atoms with van der Waals surface area (Å²) in [5.41, 5.74) is 0.508. The van der Waals surface area contributed by atoms with Crippen LogP contribution in [0.4, 0.5) is 0 Å². The second-order valence-electron chi connectivity index (χ2n) is 9.82. The summed E-state index contributed by atoms with van der Waals surface area (Å²) in [4.78, 5) is 13.9. The van der Waals surface area contributed by atoms with E-state index in [-0.39, 0.29) is 64.0 Å². The van der Waals surface area contributed by atoms with Crippen molar-refractivity contribution in [3.63, 3.8) is 0 Å². The zero-order chi connectivity index (χ0) is 26.5. The van der Waals surface area contributed by atoms with E-state index in [1.165, 1.54) is 0 Å². The molecule has 1 unspecified atom stereocenters. The maximum atomic E-state index is 13.9. The summed E-state index contributed by atoms with van der Waals surface area (Å²) in [6.07, 6.45) is 4.09. The van der Waals surface area contributed by atoms with Gasteiger partial charge in [-0.05, 0) is 46.3 Å². The summed E-state index contributed by atoms with van der Waals surface area (Å²) in [5, 5.41) is 52.0. The smallest absolute Gasteiger partial charge is 0.204 e. The quantitative estimate of drug-likeness (QED) is 0.195. The van der Waals surface area contributed by atoms with Crippen LogP contribution in [0.1, 0.15) is 44.4 Å². The summed E-state index contributed by atoms with van der Waals surface area (Å²) in [6.45, 7) is 10.6. The Hall–Kier alpha value is -3.75. The lowest BCUT2D eigenvalue weighted by Gasteiger charge is -2.31. The molecule has 0 aliphatic carbocycles. The second-order valence-corrected chi connectivity index (χ2v) is 9.82. The number of benzene rings is 2. The zero-order valence-electron chi connectivity index (χ0n) is 20.7. The lowest BCUT2D eigenvalue weighted by atomic mass is 9.92. The fraction of sp³-hybridized carbons (Fsp3) is 0.321. The van der Waals surface area contributed by atoms with Crippen molar-refractivity contribution < 1.29 is 34.7 Å². The molecule has 1 atom stereocenters. The summed E-state index contributed by atoms with van der Waals surface area (Å²) in [6, 6.07) is 1.14. The fourth-order valence-corrected chi connectivity index (χ4v) is 4.29. The Bertz CT molecular complexity index is 1520. The first-order chi connectivity index (χ1) is 16.9. The molecular weight excluding hydrogens is 464 g/mol. The minimum atomic E-state index is -0.976. The average molecular weight is 495 g/mol. The predicted molar refractivity (Wildman–Crippen MR) is 138 cm³/mol. The average Bonchev–Trinajstić information content (AvgIpc) is 2.80. The standard InChI is InChI=1S/C28H30O8/c1-13(2)18(30)10-17-26-16(8-9-28(4,5)36-26)24(33)22-25(34)21-15(7-6-14(3)12-29)23(32)19(31)11-20(21)35-27(17)22/h6,8-9,11,18,29-33H,1,7,10,12H2,2-5H3/b14-6-. The number of hydrogen-bond acceptors (Lipinski definition) is 8. The van der Waals surface area contributed by atoms with Gasteiger partial charge in [-0.25, -0.2) is 0 Å². The van der Waals surface area contributed by atoms with Crippen LogP contribution in [0.5, 0.6) is 23.0 Å². The summed E-state index contributed by atoms with van der Waals surface area (Å²) < 4.78 is 12.3. The van der Waals surface area contributed by atoms with Crippen molar-refractivity contribution >= 4 is 28.0 Å². The molecule has 5 N–H and O–H groups in total. The van der Waals surface area contributed by atoms with Gasteiger partial charge < -0.3 is 34.7 Å². The Morgan fingerprint density at radius 3 is 2.47 bits per heavy atom. The third kappa shape index (κ3) is 4.23. The highest BCUT2D eigenvalue weighted by Crippen LogP contribution is 2.46. The molecule has 1 aromatic heterocycles. The Labute approximate surface area is 207 Å². The van der Waals surface area contributed by atoms with Gasteiger partial charge >= 0.3 is 0 Å². The topological polar surface area (TPSA) is 141 Å². The van der Waals surface area contributed by atoms with Gasteiger partial charge in [0, 0.05) is 23.6 Å². The van der Waals surface area contributed by atoms with Crippen LogP contribution in [0.25, 0.3) is 28.0 Å². The predicted octanol–water partition coefficient (Wildman–Crippen LogP) is 4.21. The molecule has 2 aromatic carbocycles. The van der Waals surface area contributed by atoms with Gasteiger partial charge in [-0.2, -0.15) is 0 Å². The van der Waals surface area contributed by atoms with E-state index in [2.05, 4.69) is 6.58 Å². The Morgan fingerprint density at radius 1 is 1.14 bits per heavy atom. The molecular formula is C28H30O8. The Morgan fingerprint density at radius 2 is 1.83 bits per heavy atom. The summed E-state index contributed by atoms with van der Waals surface area (Å²) >= 11 is 0. The number of phenolic OH excluding ortho intramolecular Hbond substituents is 3. The Kier molecular flexibility index (Phi) is 6.36. The molecule has 0 fully saturated rings. The summed E-state index contributed by atoms with van der Waals surface area (Å²) in [5.74, 6) is -1.05. The van der Waals surface area contributed by atoms with Crippen LogP contribution in [-0.2, 0) is 12.8 Å². The number of hydrogen-bond donors (Lipinski definition) is 5. The van der Waals surface area contributed by atoms with Crippen molar-refractivity contribution in [1.29, 1.82) is 0 Å². The van der Waals surface area contributed by atoms with E-state index >= 15 is 0 Å². The molecule has 190 valence electrons. The van der Waals surface area contributed by atoms with Crippen LogP contribution in [-0.4, -0.2) is 43.8 Å². The van der Waals surface area contributed by atoms with E-state index in [0.29, 0.717) is 16.7 Å². The molecule has 0 spiro atoms. The lowest BCUT2D eigenvalue weighted by Crippen LogP contribution is -2.29. The highest BCUT2D eigenvalue weighted by molar-refractivity contribution is 6.01. The number of phenols is 3. The van der Waals surface area contributed by atoms with E-state index in [1.807, 2.05) is 13.8 Å². The van der Waals surface area contributed by atoms with Crippen LogP contribution < -0.4 is 10.2 Å². The number of allylic oxidation sites excluding steroid dienone is 1. The molecule has 36 heavy (non-hydrogen) atoms. The number of ether oxygens (including phenoxy) is 1. The van der Waals surface area contributed by atoms with Gasteiger partial charge in [0.05, 0.1) is 23.7 Å². The second kappa shape index (κ2) is 9.04. The van der Waals surface area contributed by atoms with E-state index in [9.17, 15) is 30.3 Å². The number of fused-ring (bicyclic) bond motifs is 3. The van der Waals surface area contributed by atoms with Crippen molar-refractivity contribution in [1.82, 2.24) is 0 Å². The SMILES string of the molecule is C=C(C)C(O)Cc1c2c(c(O)c3c(=O)c4c(C/C=C(/C)CO)c(O)c(O)cc4oc13)C=CC(C)(C)O2. The van der Waals surface area contributed by atoms with Crippen LogP contribution in [0.3, 0.4) is 0 Å². The number of aliphatic hydroxyl groups excluding tert-OH is 2. The van der Waals surface area contributed by atoms with Gasteiger partial charge in [0.1, 0.15) is 33.7 Å². The summed E-state index contributed by atoms with van der Waals surface area (Å²) in [7, 11) is 0. The number of aromatic hydroxyl groups is 3. The van der Waals surface area contributed by atoms with Crippen molar-refractivity contribution in [3.05, 3.63) is 62.9 Å². The first-order valence-electron chi connectivity index (χ1n) is 11.6. The molecule has 0 radical (unpaired) electrons. The van der Waals surface area contributed by atoms with Crippen LogP contribution in [0, 0.1) is 0 Å². The van der Waals surface area contributed by atoms with Gasteiger partial charge in [-0.15, -0.1) is 0 Å². The van der Waals surface area contributed by atoms with Crippen molar-refractivity contribution in [2.24, 2.45) is 0 Å². The van der Waals surface area contributed by atoms with Crippen molar-refractivity contribution in [2.75, 3.05) is 6.61 Å². The first kappa shape index (κ1) is 25.3. The minimum Gasteiger partial charge on any atom is -0.506 e. The molecule has 2 heterocycles. The molecule has 0 bridgehead atoms. The normalized spacial score (nSPS) is 15.7. The monoisotopic (exact) mass is 494 g/mol. The molecule has 0 saturated carbocycles. The van der Waals surface area contributed by atoms with Gasteiger partial charge in [0.25, 0.3) is 0 Å². The number of rotatable bonds is 6. The molecule has 3 aromatic rings. The van der Waals surface area contributed by atoms with Gasteiger partial charge in [0.15, 0.2) is 11.5 Å². The van der Waals surface area contributed by atoms with Crippen LogP contribution in [0.15, 0.2) is 45.2 Å². The van der Waals surface area contributed by atoms with Crippen molar-refractivity contribution in [2.45, 2.75) is 52.2 Å². The maximum absolute atomic E-state index is 13.9. The molecule has 4 rings (SSSR count). The lowest BCUT2D eigenvalue weighted by molar-refractivity contribution is 0.153. The van der Waals surface area contributed by atoms with Gasteiger partial charge in [-0.3, -0.25) is 4.79 Å². The Balaban J connectivity index is 2.16. The third-order valence-electron chi connectivity index (χ3n) is 6.41. The van der Waals surface area contributed by atoms with Crippen molar-refractivity contribution in [3.8, 4) is 23.0 Å². The largest absolute Gasteiger partial charge is 0.506 e. The minimum absolute atomic E-state index is 0.00215. The molecule has 1 aliphatic rings. The highest BCUT2D eigenvalue weighted by atomic mass is 16.5. The fourth-order valence-electron chi connectivity index (χ4n) is 4.29. The highest BCUT2D eigenvalue weighted by Gasteiger charge is 2.32. The third-order valence-corrected chi connectivity index (χ3v) is 6.41.